The quantitative estimate of drug-likeness (QED) is 0.856. The number of ether oxygens (including phenoxy) is 2. The van der Waals surface area contributed by atoms with Gasteiger partial charge in [0.05, 0.1) is 7.11 Å². The summed E-state index contributed by atoms with van der Waals surface area (Å²) in [5.41, 5.74) is 0.332. The Balaban J connectivity index is 2.19. The number of anilines is 1. The highest BCUT2D eigenvalue weighted by atomic mass is 32.2. The van der Waals surface area contributed by atoms with E-state index in [1.165, 1.54) is 19.2 Å². The average Bonchev–Trinajstić information content (AvgIpc) is 2.47. The molecule has 21 heavy (non-hydrogen) atoms. The first-order valence-corrected chi connectivity index (χ1v) is 8.10. The number of rotatable bonds is 4. The fraction of sp³-hybridized carbons (Fsp3) is 0.462. The number of sulfonamides is 1. The lowest BCUT2D eigenvalue weighted by Gasteiger charge is -2.21. The standard InChI is InChI=1S/C13H18N2O5S/c1-19-10-6-5-9(8-12(10)21(14,17)18)15-13(16)11-4-2-3-7-20-11/h5-6,8,11H,2-4,7H2,1H3,(H,15,16)(H2,14,17,18). The molecule has 8 heteroatoms. The highest BCUT2D eigenvalue weighted by Gasteiger charge is 2.23. The van der Waals surface area contributed by atoms with E-state index >= 15 is 0 Å². The molecule has 0 bridgehead atoms. The Bertz CT molecular complexity index is 623. The summed E-state index contributed by atoms with van der Waals surface area (Å²) in [4.78, 5) is 11.9. The summed E-state index contributed by atoms with van der Waals surface area (Å²) in [6.45, 7) is 0.559. The number of carbonyl (C=O) groups is 1. The first kappa shape index (κ1) is 15.7. The van der Waals surface area contributed by atoms with Crippen LogP contribution in [0.15, 0.2) is 23.1 Å². The highest BCUT2D eigenvalue weighted by molar-refractivity contribution is 7.89. The first-order valence-electron chi connectivity index (χ1n) is 6.55. The number of carbonyl (C=O) groups excluding carboxylic acids is 1. The third-order valence-electron chi connectivity index (χ3n) is 3.21. The first-order chi connectivity index (χ1) is 9.91. The maximum absolute atomic E-state index is 12.0. The van der Waals surface area contributed by atoms with E-state index in [0.717, 1.165) is 12.8 Å². The van der Waals surface area contributed by atoms with Crippen LogP contribution >= 0.6 is 0 Å². The zero-order valence-electron chi connectivity index (χ0n) is 11.7. The molecule has 116 valence electrons. The molecule has 1 aliphatic heterocycles. The molecule has 0 aliphatic carbocycles. The minimum Gasteiger partial charge on any atom is -0.495 e. The van der Waals surface area contributed by atoms with Crippen LogP contribution < -0.4 is 15.2 Å². The minimum absolute atomic E-state index is 0.129. The highest BCUT2D eigenvalue weighted by Crippen LogP contribution is 2.26. The zero-order chi connectivity index (χ0) is 15.5. The van der Waals surface area contributed by atoms with Gasteiger partial charge in [0.1, 0.15) is 16.7 Å². The number of benzene rings is 1. The van der Waals surface area contributed by atoms with Gasteiger partial charge in [0.2, 0.25) is 10.0 Å². The van der Waals surface area contributed by atoms with Crippen LogP contribution in [-0.4, -0.2) is 34.1 Å². The molecule has 7 nitrogen and oxygen atoms in total. The minimum atomic E-state index is -3.94. The maximum atomic E-state index is 12.0. The Morgan fingerprint density at radius 3 is 2.76 bits per heavy atom. The number of hydrogen-bond donors (Lipinski definition) is 2. The van der Waals surface area contributed by atoms with Crippen molar-refractivity contribution in [2.45, 2.75) is 30.3 Å². The Hall–Kier alpha value is -1.64. The predicted octanol–water partition coefficient (Wildman–Crippen LogP) is 0.850. The predicted molar refractivity (Wildman–Crippen MR) is 76.6 cm³/mol. The van der Waals surface area contributed by atoms with Crippen molar-refractivity contribution in [1.82, 2.24) is 0 Å². The van der Waals surface area contributed by atoms with E-state index in [0.29, 0.717) is 18.7 Å². The summed E-state index contributed by atoms with van der Waals surface area (Å²) in [6.07, 6.45) is 2.04. The van der Waals surface area contributed by atoms with E-state index in [1.807, 2.05) is 0 Å². The van der Waals surface area contributed by atoms with Crippen LogP contribution in [0.2, 0.25) is 0 Å². The summed E-state index contributed by atoms with van der Waals surface area (Å²) in [6, 6.07) is 4.26. The van der Waals surface area contributed by atoms with Crippen molar-refractivity contribution < 1.29 is 22.7 Å². The number of amides is 1. The molecule has 2 rings (SSSR count). The van der Waals surface area contributed by atoms with Gasteiger partial charge in [-0.2, -0.15) is 0 Å². The molecule has 0 radical (unpaired) electrons. The van der Waals surface area contributed by atoms with Crippen LogP contribution in [0.5, 0.6) is 5.75 Å². The van der Waals surface area contributed by atoms with Crippen molar-refractivity contribution >= 4 is 21.6 Å². The second-order valence-electron chi connectivity index (χ2n) is 4.76. The third-order valence-corrected chi connectivity index (χ3v) is 4.14. The summed E-state index contributed by atoms with van der Waals surface area (Å²) >= 11 is 0. The Labute approximate surface area is 123 Å². The Morgan fingerprint density at radius 2 is 2.19 bits per heavy atom. The van der Waals surface area contributed by atoms with Crippen LogP contribution in [0.1, 0.15) is 19.3 Å². The lowest BCUT2D eigenvalue weighted by molar-refractivity contribution is -0.129. The second kappa shape index (κ2) is 6.42. The topological polar surface area (TPSA) is 108 Å². The number of nitrogens with two attached hydrogens (primary N) is 1. The molecule has 1 unspecified atom stereocenters. The van der Waals surface area contributed by atoms with E-state index in [1.54, 1.807) is 6.07 Å². The van der Waals surface area contributed by atoms with Gasteiger partial charge < -0.3 is 14.8 Å². The Morgan fingerprint density at radius 1 is 1.43 bits per heavy atom. The molecule has 0 aromatic heterocycles. The molecule has 0 saturated carbocycles. The maximum Gasteiger partial charge on any atom is 0.253 e. The van der Waals surface area contributed by atoms with Gasteiger partial charge in [0.25, 0.3) is 5.91 Å². The van der Waals surface area contributed by atoms with Gasteiger partial charge in [-0.15, -0.1) is 0 Å². The van der Waals surface area contributed by atoms with Crippen molar-refractivity contribution in [1.29, 1.82) is 0 Å². The van der Waals surface area contributed by atoms with Crippen molar-refractivity contribution in [3.05, 3.63) is 18.2 Å². The lowest BCUT2D eigenvalue weighted by Crippen LogP contribution is -2.33. The zero-order valence-corrected chi connectivity index (χ0v) is 12.5. The second-order valence-corrected chi connectivity index (χ2v) is 6.28. The fourth-order valence-electron chi connectivity index (χ4n) is 2.15. The van der Waals surface area contributed by atoms with Gasteiger partial charge in [0, 0.05) is 12.3 Å². The molecule has 0 spiro atoms. The smallest absolute Gasteiger partial charge is 0.253 e. The van der Waals surface area contributed by atoms with E-state index in [9.17, 15) is 13.2 Å². The van der Waals surface area contributed by atoms with Gasteiger partial charge >= 0.3 is 0 Å². The fourth-order valence-corrected chi connectivity index (χ4v) is 2.87. The lowest BCUT2D eigenvalue weighted by atomic mass is 10.1. The molecule has 1 saturated heterocycles. The molecular formula is C13H18N2O5S. The van der Waals surface area contributed by atoms with Crippen molar-refractivity contribution in [3.8, 4) is 5.75 Å². The van der Waals surface area contributed by atoms with Gasteiger partial charge in [-0.3, -0.25) is 4.79 Å². The van der Waals surface area contributed by atoms with Crippen molar-refractivity contribution in [2.75, 3.05) is 19.0 Å². The van der Waals surface area contributed by atoms with E-state index < -0.39 is 16.1 Å². The van der Waals surface area contributed by atoms with Crippen LogP contribution in [0.4, 0.5) is 5.69 Å². The van der Waals surface area contributed by atoms with Gasteiger partial charge in [0.15, 0.2) is 0 Å². The number of methoxy groups -OCH3 is 1. The van der Waals surface area contributed by atoms with Crippen LogP contribution in [-0.2, 0) is 19.6 Å². The monoisotopic (exact) mass is 314 g/mol. The van der Waals surface area contributed by atoms with Crippen LogP contribution in [0, 0.1) is 0 Å². The van der Waals surface area contributed by atoms with Gasteiger partial charge in [-0.1, -0.05) is 0 Å². The molecule has 1 heterocycles. The molecule has 1 atom stereocenters. The van der Waals surface area contributed by atoms with Gasteiger partial charge in [-0.05, 0) is 37.5 Å². The molecule has 1 amide bonds. The molecule has 3 N–H and O–H groups in total. The summed E-state index contributed by atoms with van der Waals surface area (Å²) in [5.74, 6) is -0.162. The van der Waals surface area contributed by atoms with E-state index in [4.69, 9.17) is 14.6 Å². The van der Waals surface area contributed by atoms with Crippen LogP contribution in [0.25, 0.3) is 0 Å². The van der Waals surface area contributed by atoms with E-state index in [-0.39, 0.29) is 16.6 Å². The van der Waals surface area contributed by atoms with E-state index in [2.05, 4.69) is 5.32 Å². The molecule has 1 aromatic carbocycles. The number of primary sulfonamides is 1. The van der Waals surface area contributed by atoms with Crippen LogP contribution in [0.3, 0.4) is 0 Å². The SMILES string of the molecule is COc1ccc(NC(=O)C2CCCCO2)cc1S(N)(=O)=O. The average molecular weight is 314 g/mol. The van der Waals surface area contributed by atoms with Crippen molar-refractivity contribution in [2.24, 2.45) is 5.14 Å². The molecule has 1 aliphatic rings. The number of hydrogen-bond acceptors (Lipinski definition) is 5. The number of nitrogens with one attached hydrogen (secondary N) is 1. The third kappa shape index (κ3) is 3.93. The molecular weight excluding hydrogens is 296 g/mol. The largest absolute Gasteiger partial charge is 0.495 e. The summed E-state index contributed by atoms with van der Waals surface area (Å²) in [7, 11) is -2.59. The summed E-state index contributed by atoms with van der Waals surface area (Å²) < 4.78 is 33.4. The molecule has 1 fully saturated rings. The normalized spacial score (nSPS) is 19.0. The molecule has 1 aromatic rings. The van der Waals surface area contributed by atoms with Crippen molar-refractivity contribution in [3.63, 3.8) is 0 Å². The van der Waals surface area contributed by atoms with Gasteiger partial charge in [-0.25, -0.2) is 13.6 Å². The Kier molecular flexibility index (Phi) is 4.81. The summed E-state index contributed by atoms with van der Waals surface area (Å²) in [5, 5.41) is 7.77.